The Bertz CT molecular complexity index is 733. The minimum atomic E-state index is -1.72. The van der Waals surface area contributed by atoms with E-state index in [4.69, 9.17) is 27.9 Å². The predicted octanol–water partition coefficient (Wildman–Crippen LogP) is 5.46. The lowest BCUT2D eigenvalue weighted by Gasteiger charge is -2.40. The van der Waals surface area contributed by atoms with Gasteiger partial charge in [0.25, 0.3) is 0 Å². The highest BCUT2D eigenvalue weighted by Gasteiger charge is 2.50. The van der Waals surface area contributed by atoms with Gasteiger partial charge < -0.3 is 9.64 Å². The number of alkyl halides is 2. The number of hydrogen-bond donors (Lipinski definition) is 0. The number of para-hydroxylation sites is 2. The van der Waals surface area contributed by atoms with Crippen LogP contribution in [0.1, 0.15) is 13.8 Å². The molecule has 0 saturated heterocycles. The summed E-state index contributed by atoms with van der Waals surface area (Å²) < 4.78 is 3.63. The van der Waals surface area contributed by atoms with E-state index in [0.29, 0.717) is 5.76 Å². The minimum Gasteiger partial charge on any atom is -0.429 e. The summed E-state index contributed by atoms with van der Waals surface area (Å²) in [6, 6.07) is 18.8. The molecule has 2 aromatic rings. The Kier molecular flexibility index (Phi) is 5.07. The zero-order chi connectivity index (χ0) is 18.0. The second-order valence-corrected chi connectivity index (χ2v) is 7.61. The van der Waals surface area contributed by atoms with Crippen LogP contribution in [0.5, 0.6) is 0 Å². The molecule has 1 unspecified atom stereocenters. The number of ether oxygens (including phenoxy) is 1. The molecule has 0 N–H and O–H groups in total. The molecule has 0 amide bonds. The van der Waals surface area contributed by atoms with Crippen molar-refractivity contribution >= 4 is 40.5 Å². The number of halogens is 2. The quantitative estimate of drug-likeness (QED) is 0.524. The third-order valence-electron chi connectivity index (χ3n) is 4.09. The summed E-state index contributed by atoms with van der Waals surface area (Å²) in [4.78, 5) is 14.4. The van der Waals surface area contributed by atoms with Gasteiger partial charge in [-0.2, -0.15) is 0 Å². The second-order valence-electron chi connectivity index (χ2n) is 6.22. The Morgan fingerprint density at radius 3 is 1.88 bits per heavy atom. The van der Waals surface area contributed by atoms with Crippen LogP contribution in [0.15, 0.2) is 72.5 Å². The first kappa shape index (κ1) is 17.8. The molecule has 3 nitrogen and oxygen atoms in total. The van der Waals surface area contributed by atoms with Gasteiger partial charge >= 0.3 is 5.97 Å². The fourth-order valence-corrected chi connectivity index (χ4v) is 3.18. The van der Waals surface area contributed by atoms with E-state index in [1.165, 1.54) is 0 Å². The average Bonchev–Trinajstić information content (AvgIpc) is 2.60. The summed E-state index contributed by atoms with van der Waals surface area (Å²) in [5.74, 6) is -0.0306. The molecule has 25 heavy (non-hydrogen) atoms. The van der Waals surface area contributed by atoms with Gasteiger partial charge in [-0.1, -0.05) is 73.4 Å². The van der Waals surface area contributed by atoms with E-state index in [9.17, 15) is 4.79 Å². The fourth-order valence-electron chi connectivity index (χ4n) is 2.78. The summed E-state index contributed by atoms with van der Waals surface area (Å²) >= 11 is 12.9. The summed E-state index contributed by atoms with van der Waals surface area (Å²) in [5.41, 5.74) is 1.77. The Balaban J connectivity index is 2.17. The van der Waals surface area contributed by atoms with Gasteiger partial charge in [-0.25, -0.2) is 4.79 Å². The SMILES string of the molecule is CC(C)C1=CC(N(c2ccccc2)c2ccccc2)C(Cl)(Cl)C(=O)O1. The van der Waals surface area contributed by atoms with Crippen molar-refractivity contribution in [1.29, 1.82) is 0 Å². The number of allylic oxidation sites excluding steroid dienone is 1. The summed E-state index contributed by atoms with van der Waals surface area (Å²) in [5, 5.41) is 0. The van der Waals surface area contributed by atoms with Gasteiger partial charge in [0.2, 0.25) is 4.33 Å². The van der Waals surface area contributed by atoms with Gasteiger partial charge in [0, 0.05) is 17.3 Å². The van der Waals surface area contributed by atoms with Crippen LogP contribution in [0.2, 0.25) is 0 Å². The normalized spacial score (nSPS) is 19.3. The van der Waals surface area contributed by atoms with Crippen molar-refractivity contribution in [2.24, 2.45) is 5.92 Å². The lowest BCUT2D eigenvalue weighted by molar-refractivity contribution is -0.142. The molecule has 0 aliphatic carbocycles. The zero-order valence-corrected chi connectivity index (χ0v) is 15.5. The van der Waals surface area contributed by atoms with Gasteiger partial charge in [-0.15, -0.1) is 0 Å². The highest BCUT2D eigenvalue weighted by atomic mass is 35.5. The van der Waals surface area contributed by atoms with Gasteiger partial charge in [0.05, 0.1) is 6.04 Å². The minimum absolute atomic E-state index is 0.0456. The Labute approximate surface area is 157 Å². The fraction of sp³-hybridized carbons (Fsp3) is 0.250. The van der Waals surface area contributed by atoms with E-state index in [1.54, 1.807) is 0 Å². The second kappa shape index (κ2) is 7.11. The Hall–Kier alpha value is -1.97. The molecule has 5 heteroatoms. The molecule has 2 aromatic carbocycles. The maximum atomic E-state index is 12.5. The molecule has 1 atom stereocenters. The molecule has 0 aromatic heterocycles. The van der Waals surface area contributed by atoms with Crippen LogP contribution in [0.3, 0.4) is 0 Å². The number of hydrogen-bond acceptors (Lipinski definition) is 3. The third kappa shape index (κ3) is 3.53. The van der Waals surface area contributed by atoms with Crippen LogP contribution in [0.4, 0.5) is 11.4 Å². The van der Waals surface area contributed by atoms with Gasteiger partial charge in [0.15, 0.2) is 0 Å². The largest absolute Gasteiger partial charge is 0.429 e. The number of carbonyl (C=O) groups is 1. The zero-order valence-electron chi connectivity index (χ0n) is 14.0. The van der Waals surface area contributed by atoms with Gasteiger partial charge in [0.1, 0.15) is 5.76 Å². The van der Waals surface area contributed by atoms with E-state index in [0.717, 1.165) is 11.4 Å². The molecule has 1 aliphatic rings. The van der Waals surface area contributed by atoms with E-state index < -0.39 is 16.3 Å². The average molecular weight is 376 g/mol. The highest BCUT2D eigenvalue weighted by Crippen LogP contribution is 2.42. The standard InChI is InChI=1S/C20H19Cl2NO2/c1-14(2)17-13-18(20(21,22)19(24)25-17)23(15-9-5-3-6-10-15)16-11-7-4-8-12-16/h3-14,18H,1-2H3. The first-order chi connectivity index (χ1) is 11.9. The van der Waals surface area contributed by atoms with Crippen molar-refractivity contribution < 1.29 is 9.53 Å². The first-order valence-corrected chi connectivity index (χ1v) is 8.88. The summed E-state index contributed by atoms with van der Waals surface area (Å²) in [6.45, 7) is 3.92. The summed E-state index contributed by atoms with van der Waals surface area (Å²) in [7, 11) is 0. The lowest BCUT2D eigenvalue weighted by Crippen LogP contribution is -2.51. The van der Waals surface area contributed by atoms with Gasteiger partial charge in [-0.3, -0.25) is 0 Å². The van der Waals surface area contributed by atoms with Crippen LogP contribution in [-0.2, 0) is 9.53 Å². The van der Waals surface area contributed by atoms with Crippen LogP contribution in [-0.4, -0.2) is 16.3 Å². The van der Waals surface area contributed by atoms with Crippen LogP contribution < -0.4 is 4.90 Å². The van der Waals surface area contributed by atoms with Crippen molar-refractivity contribution in [3.8, 4) is 0 Å². The molecule has 0 radical (unpaired) electrons. The third-order valence-corrected chi connectivity index (χ3v) is 4.85. The maximum Gasteiger partial charge on any atom is 0.350 e. The molecule has 1 aliphatic heterocycles. The number of esters is 1. The monoisotopic (exact) mass is 375 g/mol. The number of carbonyl (C=O) groups excluding carboxylic acids is 1. The molecule has 0 spiro atoms. The lowest BCUT2D eigenvalue weighted by atomic mass is 10.0. The van der Waals surface area contributed by atoms with Gasteiger partial charge in [-0.05, 0) is 30.3 Å². The predicted molar refractivity (Wildman–Crippen MR) is 102 cm³/mol. The van der Waals surface area contributed by atoms with Crippen molar-refractivity contribution in [3.05, 3.63) is 72.5 Å². The van der Waals surface area contributed by atoms with Crippen molar-refractivity contribution in [2.45, 2.75) is 24.2 Å². The molecular formula is C20H19Cl2NO2. The Morgan fingerprint density at radius 1 is 0.960 bits per heavy atom. The van der Waals surface area contributed by atoms with Crippen LogP contribution in [0.25, 0.3) is 0 Å². The highest BCUT2D eigenvalue weighted by molar-refractivity contribution is 6.58. The smallest absolute Gasteiger partial charge is 0.350 e. The first-order valence-electron chi connectivity index (χ1n) is 8.12. The van der Waals surface area contributed by atoms with E-state index in [2.05, 4.69) is 0 Å². The van der Waals surface area contributed by atoms with E-state index in [-0.39, 0.29) is 5.92 Å². The number of cyclic esters (lactones) is 1. The number of rotatable bonds is 4. The maximum absolute atomic E-state index is 12.5. The topological polar surface area (TPSA) is 29.5 Å². The van der Waals surface area contributed by atoms with E-state index in [1.807, 2.05) is 85.5 Å². The molecule has 0 bridgehead atoms. The van der Waals surface area contributed by atoms with Crippen LogP contribution in [0, 0.1) is 5.92 Å². The molecular weight excluding hydrogens is 357 g/mol. The molecule has 0 fully saturated rings. The molecule has 0 saturated carbocycles. The molecule has 130 valence electrons. The molecule has 1 heterocycles. The number of nitrogens with zero attached hydrogens (tertiary/aromatic N) is 1. The summed E-state index contributed by atoms with van der Waals surface area (Å²) in [6.07, 6.45) is 1.84. The Morgan fingerprint density at radius 2 is 1.44 bits per heavy atom. The van der Waals surface area contributed by atoms with Crippen molar-refractivity contribution in [1.82, 2.24) is 0 Å². The number of anilines is 2. The van der Waals surface area contributed by atoms with Crippen molar-refractivity contribution in [2.75, 3.05) is 4.90 Å². The van der Waals surface area contributed by atoms with Crippen molar-refractivity contribution in [3.63, 3.8) is 0 Å². The molecule has 3 rings (SSSR count). The number of benzene rings is 2. The van der Waals surface area contributed by atoms with E-state index >= 15 is 0 Å². The van der Waals surface area contributed by atoms with Crippen LogP contribution >= 0.6 is 23.2 Å².